The van der Waals surface area contributed by atoms with E-state index in [1.54, 1.807) is 6.07 Å². The number of carbonyl (C=O) groups excluding carboxylic acids is 1. The number of rotatable bonds is 4. The lowest BCUT2D eigenvalue weighted by Gasteiger charge is -2.13. The molecule has 0 saturated heterocycles. The maximum atomic E-state index is 12.1. The second-order valence-corrected chi connectivity index (χ2v) is 4.98. The summed E-state index contributed by atoms with van der Waals surface area (Å²) in [5.41, 5.74) is 6.08. The van der Waals surface area contributed by atoms with Crippen LogP contribution < -0.4 is 15.8 Å². The first-order valence-electron chi connectivity index (χ1n) is 6.49. The highest BCUT2D eigenvalue weighted by molar-refractivity contribution is 6.01. The Balaban J connectivity index is 2.16. The Hall–Kier alpha value is -2.08. The Bertz CT molecular complexity index is 530. The molecule has 1 aromatic carbocycles. The zero-order valence-corrected chi connectivity index (χ0v) is 11.3. The molecule has 0 radical (unpaired) electrons. The van der Waals surface area contributed by atoms with Gasteiger partial charge in [0.05, 0.1) is 18.4 Å². The van der Waals surface area contributed by atoms with Crippen molar-refractivity contribution < 1.29 is 19.4 Å². The number of methoxy groups -OCH3 is 1. The van der Waals surface area contributed by atoms with Gasteiger partial charge in [0.2, 0.25) is 5.91 Å². The standard InChI is InChI=1S/C14H18N2O4/c1-20-10-4-5-12(11(7-10)14(18)19)16-13(17)8-2-3-9(15)6-8/h4-5,7-9H,2-3,6,15H2,1H3,(H,16,17)(H,18,19). The molecule has 0 bridgehead atoms. The van der Waals surface area contributed by atoms with Crippen LogP contribution in [0.3, 0.4) is 0 Å². The van der Waals surface area contributed by atoms with Crippen LogP contribution in [-0.2, 0) is 4.79 Å². The minimum atomic E-state index is -1.11. The number of hydrogen-bond acceptors (Lipinski definition) is 4. The molecule has 1 amide bonds. The lowest BCUT2D eigenvalue weighted by molar-refractivity contribution is -0.119. The molecule has 1 aliphatic rings. The van der Waals surface area contributed by atoms with Gasteiger partial charge >= 0.3 is 5.97 Å². The topological polar surface area (TPSA) is 102 Å². The lowest BCUT2D eigenvalue weighted by Crippen LogP contribution is -2.24. The molecular weight excluding hydrogens is 260 g/mol. The Morgan fingerprint density at radius 1 is 1.40 bits per heavy atom. The predicted octanol–water partition coefficient (Wildman–Crippen LogP) is 1.46. The molecule has 6 heteroatoms. The van der Waals surface area contributed by atoms with E-state index in [4.69, 9.17) is 10.5 Å². The number of nitrogens with two attached hydrogens (primary N) is 1. The van der Waals surface area contributed by atoms with Crippen molar-refractivity contribution in [2.45, 2.75) is 25.3 Å². The fourth-order valence-electron chi connectivity index (χ4n) is 2.43. The normalized spacial score (nSPS) is 21.5. The van der Waals surface area contributed by atoms with Crippen molar-refractivity contribution in [3.8, 4) is 5.75 Å². The van der Waals surface area contributed by atoms with E-state index in [1.807, 2.05) is 0 Å². The largest absolute Gasteiger partial charge is 0.497 e. The van der Waals surface area contributed by atoms with Gasteiger partial charge < -0.3 is 20.9 Å². The van der Waals surface area contributed by atoms with Crippen molar-refractivity contribution in [3.63, 3.8) is 0 Å². The molecule has 1 saturated carbocycles. The third-order valence-electron chi connectivity index (χ3n) is 3.56. The summed E-state index contributed by atoms with van der Waals surface area (Å²) in [6, 6.07) is 4.59. The van der Waals surface area contributed by atoms with Gasteiger partial charge in [0.15, 0.2) is 0 Å². The summed E-state index contributed by atoms with van der Waals surface area (Å²) >= 11 is 0. The summed E-state index contributed by atoms with van der Waals surface area (Å²) in [4.78, 5) is 23.3. The van der Waals surface area contributed by atoms with Gasteiger partial charge in [0.1, 0.15) is 5.75 Å². The number of amides is 1. The SMILES string of the molecule is COc1ccc(NC(=O)C2CCC(N)C2)c(C(=O)O)c1. The molecule has 108 valence electrons. The molecule has 0 aliphatic heterocycles. The van der Waals surface area contributed by atoms with E-state index in [-0.39, 0.29) is 29.1 Å². The van der Waals surface area contributed by atoms with Gasteiger partial charge in [-0.2, -0.15) is 0 Å². The second kappa shape index (κ2) is 5.92. The van der Waals surface area contributed by atoms with Gasteiger partial charge in [-0.15, -0.1) is 0 Å². The molecule has 2 atom stereocenters. The summed E-state index contributed by atoms with van der Waals surface area (Å²) < 4.78 is 4.99. The molecule has 2 unspecified atom stereocenters. The molecular formula is C14H18N2O4. The van der Waals surface area contributed by atoms with E-state index in [0.29, 0.717) is 12.2 Å². The van der Waals surface area contributed by atoms with Gasteiger partial charge in [-0.25, -0.2) is 4.79 Å². The van der Waals surface area contributed by atoms with Crippen LogP contribution in [-0.4, -0.2) is 30.1 Å². The van der Waals surface area contributed by atoms with Crippen molar-refractivity contribution in [2.75, 3.05) is 12.4 Å². The van der Waals surface area contributed by atoms with Gasteiger partial charge in [0.25, 0.3) is 0 Å². The third kappa shape index (κ3) is 3.08. The monoisotopic (exact) mass is 278 g/mol. The first-order chi connectivity index (χ1) is 9.51. The van der Waals surface area contributed by atoms with E-state index in [2.05, 4.69) is 5.32 Å². The fraction of sp³-hybridized carbons (Fsp3) is 0.429. The van der Waals surface area contributed by atoms with E-state index in [0.717, 1.165) is 12.8 Å². The van der Waals surface area contributed by atoms with E-state index in [9.17, 15) is 14.7 Å². The maximum absolute atomic E-state index is 12.1. The average molecular weight is 278 g/mol. The summed E-state index contributed by atoms with van der Waals surface area (Å²) in [6.45, 7) is 0. The average Bonchev–Trinajstić information content (AvgIpc) is 2.85. The molecule has 0 spiro atoms. The van der Waals surface area contributed by atoms with Crippen LogP contribution in [0.15, 0.2) is 18.2 Å². The third-order valence-corrected chi connectivity index (χ3v) is 3.56. The lowest BCUT2D eigenvalue weighted by atomic mass is 10.1. The molecule has 4 N–H and O–H groups in total. The second-order valence-electron chi connectivity index (χ2n) is 4.98. The zero-order chi connectivity index (χ0) is 14.7. The first-order valence-corrected chi connectivity index (χ1v) is 6.49. The van der Waals surface area contributed by atoms with Crippen molar-refractivity contribution in [1.82, 2.24) is 0 Å². The smallest absolute Gasteiger partial charge is 0.337 e. The fourth-order valence-corrected chi connectivity index (χ4v) is 2.43. The summed E-state index contributed by atoms with van der Waals surface area (Å²) in [7, 11) is 1.46. The van der Waals surface area contributed by atoms with Crippen LogP contribution in [0.4, 0.5) is 5.69 Å². The number of carboxylic acids is 1. The van der Waals surface area contributed by atoms with E-state index >= 15 is 0 Å². The van der Waals surface area contributed by atoms with Crippen molar-refractivity contribution in [3.05, 3.63) is 23.8 Å². The predicted molar refractivity (Wildman–Crippen MR) is 73.9 cm³/mol. The van der Waals surface area contributed by atoms with Crippen molar-refractivity contribution in [2.24, 2.45) is 11.7 Å². The first kappa shape index (κ1) is 14.3. The van der Waals surface area contributed by atoms with Gasteiger partial charge in [-0.1, -0.05) is 0 Å². The number of carboxylic acid groups (broad SMARTS) is 1. The molecule has 2 rings (SSSR count). The summed E-state index contributed by atoms with van der Waals surface area (Å²) in [5.74, 6) is -0.995. The molecule has 1 aromatic rings. The van der Waals surface area contributed by atoms with Gasteiger partial charge in [-0.05, 0) is 37.5 Å². The van der Waals surface area contributed by atoms with Crippen LogP contribution >= 0.6 is 0 Å². The number of hydrogen-bond donors (Lipinski definition) is 3. The maximum Gasteiger partial charge on any atom is 0.337 e. The Morgan fingerprint density at radius 2 is 2.15 bits per heavy atom. The quantitative estimate of drug-likeness (QED) is 0.774. The van der Waals surface area contributed by atoms with Crippen LogP contribution in [0.5, 0.6) is 5.75 Å². The highest BCUT2D eigenvalue weighted by Gasteiger charge is 2.28. The minimum absolute atomic E-state index is 0.0139. The molecule has 0 heterocycles. The number of anilines is 1. The molecule has 1 fully saturated rings. The minimum Gasteiger partial charge on any atom is -0.497 e. The summed E-state index contributed by atoms with van der Waals surface area (Å²) in [5, 5.41) is 11.9. The Labute approximate surface area is 116 Å². The van der Waals surface area contributed by atoms with Crippen LogP contribution in [0, 0.1) is 5.92 Å². The molecule has 0 aromatic heterocycles. The number of carbonyl (C=O) groups is 2. The van der Waals surface area contributed by atoms with E-state index < -0.39 is 5.97 Å². The molecule has 20 heavy (non-hydrogen) atoms. The zero-order valence-electron chi connectivity index (χ0n) is 11.3. The molecule has 6 nitrogen and oxygen atoms in total. The Morgan fingerprint density at radius 3 is 2.70 bits per heavy atom. The number of ether oxygens (including phenoxy) is 1. The van der Waals surface area contributed by atoms with Gasteiger partial charge in [0, 0.05) is 12.0 Å². The number of benzene rings is 1. The van der Waals surface area contributed by atoms with Crippen LogP contribution in [0.25, 0.3) is 0 Å². The number of aromatic carboxylic acids is 1. The number of nitrogens with one attached hydrogen (secondary N) is 1. The van der Waals surface area contributed by atoms with Gasteiger partial charge in [-0.3, -0.25) is 4.79 Å². The van der Waals surface area contributed by atoms with Crippen molar-refractivity contribution in [1.29, 1.82) is 0 Å². The molecule has 1 aliphatic carbocycles. The highest BCUT2D eigenvalue weighted by atomic mass is 16.5. The Kier molecular flexibility index (Phi) is 4.24. The highest BCUT2D eigenvalue weighted by Crippen LogP contribution is 2.27. The van der Waals surface area contributed by atoms with E-state index in [1.165, 1.54) is 19.2 Å². The van der Waals surface area contributed by atoms with Crippen molar-refractivity contribution >= 4 is 17.6 Å². The summed E-state index contributed by atoms with van der Waals surface area (Å²) in [6.07, 6.45) is 2.21. The van der Waals surface area contributed by atoms with Crippen LogP contribution in [0.2, 0.25) is 0 Å². The van der Waals surface area contributed by atoms with Crippen LogP contribution in [0.1, 0.15) is 29.6 Å².